The minimum absolute atomic E-state index is 0.428. The Kier molecular flexibility index (Phi) is 4.82. The summed E-state index contributed by atoms with van der Waals surface area (Å²) in [5.74, 6) is 1.47. The number of hydrogen-bond acceptors (Lipinski definition) is 5. The van der Waals surface area contributed by atoms with Crippen molar-refractivity contribution in [1.82, 2.24) is 24.7 Å². The van der Waals surface area contributed by atoms with E-state index in [0.29, 0.717) is 12.0 Å². The molecule has 0 spiro atoms. The number of hydrogen-bond donors (Lipinski definition) is 0. The van der Waals surface area contributed by atoms with Crippen LogP contribution in [0.3, 0.4) is 0 Å². The molecular weight excluding hydrogens is 290 g/mol. The van der Waals surface area contributed by atoms with Crippen molar-refractivity contribution >= 4 is 0 Å². The predicted molar refractivity (Wildman–Crippen MR) is 88.9 cm³/mol. The fourth-order valence-corrected chi connectivity index (χ4v) is 3.83. The molecule has 0 N–H and O–H groups in total. The highest BCUT2D eigenvalue weighted by Gasteiger charge is 2.33. The zero-order chi connectivity index (χ0) is 16.4. The molecule has 0 unspecified atom stereocenters. The van der Waals surface area contributed by atoms with Crippen molar-refractivity contribution in [3.63, 3.8) is 0 Å². The van der Waals surface area contributed by atoms with E-state index in [0.717, 1.165) is 31.1 Å². The van der Waals surface area contributed by atoms with E-state index < -0.39 is 0 Å². The molecule has 2 aromatic rings. The van der Waals surface area contributed by atoms with Gasteiger partial charge in [0.15, 0.2) is 0 Å². The van der Waals surface area contributed by atoms with Crippen molar-refractivity contribution in [2.24, 2.45) is 13.0 Å². The molecular formula is C17H27N5O. The molecule has 0 bridgehead atoms. The molecule has 23 heavy (non-hydrogen) atoms. The molecule has 1 aliphatic heterocycles. The largest absolute Gasteiger partial charge is 0.361 e. The van der Waals surface area contributed by atoms with Gasteiger partial charge in [-0.15, -0.1) is 0 Å². The molecule has 6 nitrogen and oxygen atoms in total. The average molecular weight is 317 g/mol. The smallest absolute Gasteiger partial charge is 0.133 e. The minimum atomic E-state index is 0.428. The highest BCUT2D eigenvalue weighted by Crippen LogP contribution is 2.35. The van der Waals surface area contributed by atoms with Crippen molar-refractivity contribution in [2.45, 2.75) is 32.4 Å². The van der Waals surface area contributed by atoms with Gasteiger partial charge in [0.2, 0.25) is 0 Å². The lowest BCUT2D eigenvalue weighted by Crippen LogP contribution is -2.41. The Hall–Kier alpha value is -1.66. The highest BCUT2D eigenvalue weighted by atomic mass is 16.5. The van der Waals surface area contributed by atoms with Gasteiger partial charge in [-0.25, -0.2) is 0 Å². The normalized spacial score (nSPS) is 22.8. The molecule has 2 atom stereocenters. The van der Waals surface area contributed by atoms with Gasteiger partial charge >= 0.3 is 0 Å². The maximum Gasteiger partial charge on any atom is 0.133 e. The molecule has 1 aliphatic rings. The molecule has 0 saturated carbocycles. The first-order valence-corrected chi connectivity index (χ1v) is 8.33. The Morgan fingerprint density at radius 1 is 1.39 bits per heavy atom. The number of nitrogens with zero attached hydrogens (tertiary/aromatic N) is 5. The maximum atomic E-state index is 5.17. The Morgan fingerprint density at radius 3 is 2.87 bits per heavy atom. The summed E-state index contributed by atoms with van der Waals surface area (Å²) in [4.78, 5) is 4.82. The molecule has 2 aromatic heterocycles. The maximum absolute atomic E-state index is 5.17. The Bertz CT molecular complexity index is 634. The Balaban J connectivity index is 1.70. The molecule has 126 valence electrons. The molecule has 0 aliphatic carbocycles. The van der Waals surface area contributed by atoms with Gasteiger partial charge in [-0.1, -0.05) is 5.16 Å². The van der Waals surface area contributed by atoms with Crippen LogP contribution in [0.5, 0.6) is 0 Å². The topological polar surface area (TPSA) is 50.3 Å². The molecule has 0 radical (unpaired) electrons. The summed E-state index contributed by atoms with van der Waals surface area (Å²) >= 11 is 0. The lowest BCUT2D eigenvalue weighted by Gasteiger charge is -2.40. The lowest BCUT2D eigenvalue weighted by molar-refractivity contribution is 0.0867. The minimum Gasteiger partial charge on any atom is -0.361 e. The van der Waals surface area contributed by atoms with Gasteiger partial charge in [0.1, 0.15) is 5.76 Å². The second kappa shape index (κ2) is 6.84. The van der Waals surface area contributed by atoms with Gasteiger partial charge in [0, 0.05) is 32.4 Å². The van der Waals surface area contributed by atoms with Crippen molar-refractivity contribution in [3.8, 4) is 0 Å². The standard InChI is InChI=1S/C17H27N5O/c1-13-10-15(19-23-13)12-20(2)11-14-6-5-9-21(3)17(14)16-7-8-18-22(16)4/h7-8,10,14,17H,5-6,9,11-12H2,1-4H3/t14-,17+/m0/s1. The first-order valence-electron chi connectivity index (χ1n) is 8.33. The first kappa shape index (κ1) is 16.2. The number of rotatable bonds is 5. The van der Waals surface area contributed by atoms with Crippen LogP contribution < -0.4 is 0 Å². The zero-order valence-electron chi connectivity index (χ0n) is 14.6. The van der Waals surface area contributed by atoms with E-state index >= 15 is 0 Å². The van der Waals surface area contributed by atoms with Crippen LogP contribution >= 0.6 is 0 Å². The quantitative estimate of drug-likeness (QED) is 0.846. The van der Waals surface area contributed by atoms with Gasteiger partial charge < -0.3 is 9.42 Å². The van der Waals surface area contributed by atoms with Crippen LogP contribution in [0, 0.1) is 12.8 Å². The molecule has 0 amide bonds. The van der Waals surface area contributed by atoms with Crippen LogP contribution in [0.2, 0.25) is 0 Å². The fraction of sp³-hybridized carbons (Fsp3) is 0.647. The second-order valence-corrected chi connectivity index (χ2v) is 6.83. The van der Waals surface area contributed by atoms with Gasteiger partial charge in [-0.3, -0.25) is 9.58 Å². The summed E-state index contributed by atoms with van der Waals surface area (Å²) < 4.78 is 7.19. The van der Waals surface area contributed by atoms with E-state index in [1.165, 1.54) is 18.5 Å². The molecule has 3 heterocycles. The monoisotopic (exact) mass is 317 g/mol. The van der Waals surface area contributed by atoms with Crippen LogP contribution in [0.15, 0.2) is 22.9 Å². The van der Waals surface area contributed by atoms with E-state index in [-0.39, 0.29) is 0 Å². The third-order valence-electron chi connectivity index (χ3n) is 4.82. The summed E-state index contributed by atoms with van der Waals surface area (Å²) in [6.07, 6.45) is 4.41. The highest BCUT2D eigenvalue weighted by molar-refractivity contribution is 5.10. The number of piperidine rings is 1. The number of aryl methyl sites for hydroxylation is 2. The van der Waals surface area contributed by atoms with Crippen molar-refractivity contribution in [2.75, 3.05) is 27.2 Å². The summed E-state index contributed by atoms with van der Waals surface area (Å²) in [5, 5.41) is 8.47. The molecule has 1 saturated heterocycles. The third kappa shape index (κ3) is 3.64. The lowest BCUT2D eigenvalue weighted by atomic mass is 9.87. The zero-order valence-corrected chi connectivity index (χ0v) is 14.6. The predicted octanol–water partition coefficient (Wildman–Crippen LogP) is 2.23. The molecule has 6 heteroatoms. The van der Waals surface area contributed by atoms with Crippen LogP contribution in [-0.2, 0) is 13.6 Å². The van der Waals surface area contributed by atoms with Gasteiger partial charge in [0.25, 0.3) is 0 Å². The second-order valence-electron chi connectivity index (χ2n) is 6.83. The van der Waals surface area contributed by atoms with E-state index in [2.05, 4.69) is 40.2 Å². The van der Waals surface area contributed by atoms with E-state index in [9.17, 15) is 0 Å². The van der Waals surface area contributed by atoms with Crippen LogP contribution in [-0.4, -0.2) is 51.9 Å². The summed E-state index contributed by atoms with van der Waals surface area (Å²) in [6, 6.07) is 4.60. The van der Waals surface area contributed by atoms with Crippen molar-refractivity contribution < 1.29 is 4.52 Å². The van der Waals surface area contributed by atoms with Crippen LogP contribution in [0.1, 0.15) is 36.0 Å². The first-order chi connectivity index (χ1) is 11.0. The number of likely N-dealkylation sites (tertiary alicyclic amines) is 1. The Morgan fingerprint density at radius 2 is 2.22 bits per heavy atom. The molecule has 0 aromatic carbocycles. The molecule has 1 fully saturated rings. The number of aromatic nitrogens is 3. The SMILES string of the molecule is Cc1cc(CN(C)C[C@@H]2CCCN(C)[C@H]2c2ccnn2C)no1. The van der Waals surface area contributed by atoms with Crippen LogP contribution in [0.25, 0.3) is 0 Å². The van der Waals surface area contributed by atoms with Gasteiger partial charge in [-0.05, 0) is 52.4 Å². The van der Waals surface area contributed by atoms with Crippen LogP contribution in [0.4, 0.5) is 0 Å². The molecule has 3 rings (SSSR count). The summed E-state index contributed by atoms with van der Waals surface area (Å²) in [6.45, 7) is 4.96. The van der Waals surface area contributed by atoms with E-state index in [4.69, 9.17) is 4.52 Å². The van der Waals surface area contributed by atoms with Crippen molar-refractivity contribution in [3.05, 3.63) is 35.5 Å². The van der Waals surface area contributed by atoms with E-state index in [1.807, 2.05) is 30.9 Å². The van der Waals surface area contributed by atoms with E-state index in [1.54, 1.807) is 0 Å². The van der Waals surface area contributed by atoms with Gasteiger partial charge in [-0.2, -0.15) is 5.10 Å². The van der Waals surface area contributed by atoms with Gasteiger partial charge in [0.05, 0.1) is 17.4 Å². The third-order valence-corrected chi connectivity index (χ3v) is 4.82. The van der Waals surface area contributed by atoms with Crippen molar-refractivity contribution in [1.29, 1.82) is 0 Å². The summed E-state index contributed by atoms with van der Waals surface area (Å²) in [5.41, 5.74) is 2.31. The summed E-state index contributed by atoms with van der Waals surface area (Å²) in [7, 11) is 6.43. The average Bonchev–Trinajstić information content (AvgIpc) is 3.08. The fourth-order valence-electron chi connectivity index (χ4n) is 3.83. The Labute approximate surface area is 138 Å².